The molecule has 1 aromatic carbocycles. The van der Waals surface area contributed by atoms with Crippen molar-refractivity contribution in [3.05, 3.63) is 28.8 Å². The largest absolute Gasteiger partial charge is 0.387 e. The van der Waals surface area contributed by atoms with E-state index in [0.29, 0.717) is 23.5 Å². The van der Waals surface area contributed by atoms with Crippen LogP contribution >= 0.6 is 0 Å². The van der Waals surface area contributed by atoms with E-state index in [0.717, 1.165) is 12.0 Å². The Hall–Kier alpha value is -0.910. The van der Waals surface area contributed by atoms with Gasteiger partial charge in [0.25, 0.3) is 10.1 Å². The number of aryl methyl sites for hydroxylation is 3. The van der Waals surface area contributed by atoms with Gasteiger partial charge in [0.2, 0.25) is 0 Å². The molecule has 0 aromatic heterocycles. The molecule has 3 fully saturated rings. The first-order valence-electron chi connectivity index (χ1n) is 8.61. The fourth-order valence-electron chi connectivity index (χ4n) is 5.03. The number of hydrogen-bond donors (Lipinski definition) is 1. The highest BCUT2D eigenvalue weighted by atomic mass is 32.2. The Morgan fingerprint density at radius 1 is 1.08 bits per heavy atom. The zero-order valence-electron chi connectivity index (χ0n) is 15.4. The van der Waals surface area contributed by atoms with Gasteiger partial charge in [0, 0.05) is 0 Å². The Kier molecular flexibility index (Phi) is 3.95. The molecule has 3 saturated carbocycles. The van der Waals surface area contributed by atoms with Crippen LogP contribution in [0.2, 0.25) is 0 Å². The molecule has 4 atom stereocenters. The number of aliphatic hydroxyl groups is 1. The van der Waals surface area contributed by atoms with Crippen molar-refractivity contribution in [1.82, 2.24) is 0 Å². The van der Waals surface area contributed by atoms with Gasteiger partial charge in [-0.3, -0.25) is 4.18 Å². The molecule has 4 rings (SSSR count). The summed E-state index contributed by atoms with van der Waals surface area (Å²) in [7, 11) is -3.91. The number of benzene rings is 1. The third-order valence-corrected chi connectivity index (χ3v) is 8.05. The van der Waals surface area contributed by atoms with E-state index >= 15 is 0 Å². The SMILES string of the molecule is Cc1cc(C)c(S(=O)(=O)O[C@@H]2CC3CC(C3(C)C)[C@]2(C)O)c(C)c1. The minimum Gasteiger partial charge on any atom is -0.387 e. The smallest absolute Gasteiger partial charge is 0.297 e. The molecule has 1 N–H and O–H groups in total. The van der Waals surface area contributed by atoms with Crippen molar-refractivity contribution in [1.29, 1.82) is 0 Å². The predicted octanol–water partition coefficient (Wildman–Crippen LogP) is 3.50. The summed E-state index contributed by atoms with van der Waals surface area (Å²) in [5.74, 6) is 0.479. The van der Waals surface area contributed by atoms with Crippen molar-refractivity contribution in [2.45, 2.75) is 71.0 Å². The monoisotopic (exact) mass is 352 g/mol. The molecule has 3 aliphatic rings. The van der Waals surface area contributed by atoms with Crippen LogP contribution in [-0.2, 0) is 14.3 Å². The van der Waals surface area contributed by atoms with Crippen LogP contribution in [0.15, 0.2) is 17.0 Å². The summed E-state index contributed by atoms with van der Waals surface area (Å²) in [6.45, 7) is 11.5. The highest BCUT2D eigenvalue weighted by Gasteiger charge is 2.64. The van der Waals surface area contributed by atoms with Crippen molar-refractivity contribution in [2.75, 3.05) is 0 Å². The van der Waals surface area contributed by atoms with E-state index in [4.69, 9.17) is 4.18 Å². The molecule has 0 aliphatic heterocycles. The molecule has 1 aromatic rings. The third-order valence-electron chi connectivity index (χ3n) is 6.42. The van der Waals surface area contributed by atoms with Crippen LogP contribution < -0.4 is 0 Å². The van der Waals surface area contributed by atoms with Crippen molar-refractivity contribution in [3.63, 3.8) is 0 Å². The van der Waals surface area contributed by atoms with Crippen LogP contribution in [0.4, 0.5) is 0 Å². The van der Waals surface area contributed by atoms with Gasteiger partial charge in [0.05, 0.1) is 10.5 Å². The van der Waals surface area contributed by atoms with Gasteiger partial charge in [-0.05, 0) is 68.9 Å². The van der Waals surface area contributed by atoms with Gasteiger partial charge in [0.1, 0.15) is 6.10 Å². The van der Waals surface area contributed by atoms with Gasteiger partial charge < -0.3 is 5.11 Å². The molecular formula is C19H28O4S. The molecule has 4 nitrogen and oxygen atoms in total. The van der Waals surface area contributed by atoms with Crippen molar-refractivity contribution < 1.29 is 17.7 Å². The maximum atomic E-state index is 12.9. The number of hydrogen-bond acceptors (Lipinski definition) is 4. The molecular weight excluding hydrogens is 324 g/mol. The zero-order chi connectivity index (χ0) is 18.1. The summed E-state index contributed by atoms with van der Waals surface area (Å²) < 4.78 is 31.4. The van der Waals surface area contributed by atoms with E-state index in [2.05, 4.69) is 13.8 Å². The van der Waals surface area contributed by atoms with Crippen molar-refractivity contribution >= 4 is 10.1 Å². The standard InChI is InChI=1S/C19H28O4S/c1-11-7-12(2)17(13(3)8-11)24(21,22)23-16-10-14-9-15(18(14,4)5)19(16,6)20/h7-8,14-16,20H,9-10H2,1-6H3/t14?,15?,16-,19+/m1/s1. The lowest BCUT2D eigenvalue weighted by Gasteiger charge is -2.64. The second kappa shape index (κ2) is 5.29. The second-order valence-electron chi connectivity index (χ2n) is 8.53. The number of fused-ring (bicyclic) bond motifs is 2. The van der Waals surface area contributed by atoms with E-state index in [1.54, 1.807) is 20.8 Å². The Labute approximate surface area is 145 Å². The van der Waals surface area contributed by atoms with E-state index in [9.17, 15) is 13.5 Å². The summed E-state index contributed by atoms with van der Waals surface area (Å²) >= 11 is 0. The lowest BCUT2D eigenvalue weighted by Crippen LogP contribution is -2.67. The minimum absolute atomic E-state index is 0.0445. The Morgan fingerprint density at radius 3 is 2.08 bits per heavy atom. The molecule has 0 amide bonds. The molecule has 2 unspecified atom stereocenters. The van der Waals surface area contributed by atoms with Crippen LogP contribution in [-0.4, -0.2) is 25.2 Å². The molecule has 5 heteroatoms. The Balaban J connectivity index is 1.92. The summed E-state index contributed by atoms with van der Waals surface area (Å²) in [6, 6.07) is 3.70. The van der Waals surface area contributed by atoms with Crippen LogP contribution in [0.5, 0.6) is 0 Å². The quantitative estimate of drug-likeness (QED) is 0.846. The first-order chi connectivity index (χ1) is 10.9. The topological polar surface area (TPSA) is 63.6 Å². The van der Waals surface area contributed by atoms with E-state index in [1.807, 2.05) is 19.1 Å². The highest BCUT2D eigenvalue weighted by Crippen LogP contribution is 2.63. The normalized spacial score (nSPS) is 34.7. The summed E-state index contributed by atoms with van der Waals surface area (Å²) in [4.78, 5) is 0.238. The lowest BCUT2D eigenvalue weighted by molar-refractivity contribution is -0.237. The van der Waals surface area contributed by atoms with Crippen LogP contribution in [0.25, 0.3) is 0 Å². The minimum atomic E-state index is -3.91. The van der Waals surface area contributed by atoms with Gasteiger partial charge in [-0.15, -0.1) is 0 Å². The summed E-state index contributed by atoms with van der Waals surface area (Å²) in [6.07, 6.45) is 0.849. The third kappa shape index (κ3) is 2.52. The maximum Gasteiger partial charge on any atom is 0.297 e. The average molecular weight is 352 g/mol. The predicted molar refractivity (Wildman–Crippen MR) is 93.3 cm³/mol. The Bertz CT molecular complexity index is 754. The van der Waals surface area contributed by atoms with Crippen LogP contribution in [0, 0.1) is 38.0 Å². The second-order valence-corrected chi connectivity index (χ2v) is 10.0. The van der Waals surface area contributed by atoms with Crippen LogP contribution in [0.3, 0.4) is 0 Å². The number of rotatable bonds is 3. The van der Waals surface area contributed by atoms with E-state index in [1.165, 1.54) is 0 Å². The average Bonchev–Trinajstić information content (AvgIpc) is 2.38. The summed E-state index contributed by atoms with van der Waals surface area (Å²) in [5, 5.41) is 11.0. The van der Waals surface area contributed by atoms with Crippen molar-refractivity contribution in [2.24, 2.45) is 17.3 Å². The van der Waals surface area contributed by atoms with Gasteiger partial charge in [0.15, 0.2) is 0 Å². The van der Waals surface area contributed by atoms with Gasteiger partial charge in [-0.25, -0.2) is 0 Å². The van der Waals surface area contributed by atoms with Crippen LogP contribution in [0.1, 0.15) is 50.3 Å². The fraction of sp³-hybridized carbons (Fsp3) is 0.684. The molecule has 0 heterocycles. The molecule has 2 bridgehead atoms. The molecule has 0 spiro atoms. The first-order valence-corrected chi connectivity index (χ1v) is 10.0. The first kappa shape index (κ1) is 17.9. The zero-order valence-corrected chi connectivity index (χ0v) is 16.2. The lowest BCUT2D eigenvalue weighted by atomic mass is 9.43. The highest BCUT2D eigenvalue weighted by molar-refractivity contribution is 7.86. The fourth-order valence-corrected chi connectivity index (χ4v) is 6.61. The van der Waals surface area contributed by atoms with Crippen molar-refractivity contribution in [3.8, 4) is 0 Å². The Morgan fingerprint density at radius 2 is 1.62 bits per heavy atom. The van der Waals surface area contributed by atoms with E-state index < -0.39 is 21.8 Å². The van der Waals surface area contributed by atoms with Gasteiger partial charge in [-0.2, -0.15) is 8.42 Å². The molecule has 0 radical (unpaired) electrons. The molecule has 24 heavy (non-hydrogen) atoms. The molecule has 3 aliphatic carbocycles. The molecule has 0 saturated heterocycles. The maximum absolute atomic E-state index is 12.9. The van der Waals surface area contributed by atoms with E-state index in [-0.39, 0.29) is 16.2 Å². The van der Waals surface area contributed by atoms with Gasteiger partial charge in [-0.1, -0.05) is 31.5 Å². The van der Waals surface area contributed by atoms with Gasteiger partial charge >= 0.3 is 0 Å². The molecule has 134 valence electrons. The summed E-state index contributed by atoms with van der Waals surface area (Å²) in [5.41, 5.74) is 1.32.